The second-order valence-electron chi connectivity index (χ2n) is 3.70. The second-order valence-corrected chi connectivity index (χ2v) is 3.70. The first-order valence-electron chi connectivity index (χ1n) is 5.90. The van der Waals surface area contributed by atoms with Gasteiger partial charge in [0.15, 0.2) is 0 Å². The Morgan fingerprint density at radius 3 is 2.00 bits per heavy atom. The summed E-state index contributed by atoms with van der Waals surface area (Å²) in [7, 11) is 0. The van der Waals surface area contributed by atoms with Crippen LogP contribution in [0.1, 0.15) is 6.92 Å². The van der Waals surface area contributed by atoms with Crippen molar-refractivity contribution in [3.8, 4) is 17.2 Å². The van der Waals surface area contributed by atoms with Gasteiger partial charge >= 0.3 is 0 Å². The van der Waals surface area contributed by atoms with Crippen LogP contribution in [0.15, 0.2) is 53.5 Å². The zero-order chi connectivity index (χ0) is 13.5. The van der Waals surface area contributed by atoms with Crippen LogP contribution in [0.5, 0.6) is 17.2 Å². The van der Waals surface area contributed by atoms with Gasteiger partial charge in [-0.05, 0) is 55.5 Å². The Morgan fingerprint density at radius 1 is 0.947 bits per heavy atom. The van der Waals surface area contributed by atoms with Gasteiger partial charge in [0.25, 0.3) is 0 Å². The SMILES string of the molecule is CCOc1ccc(Oc2ccc(N=C=O)cc2)cc1. The number of carbonyl (C=O) groups excluding carboxylic acids is 1. The molecule has 2 rings (SSSR count). The molecule has 0 saturated carbocycles. The Kier molecular flexibility index (Phi) is 4.32. The third-order valence-electron chi connectivity index (χ3n) is 2.38. The Balaban J connectivity index is 2.05. The molecule has 4 heteroatoms. The summed E-state index contributed by atoms with van der Waals surface area (Å²) in [5.74, 6) is 2.20. The predicted octanol–water partition coefficient (Wildman–Crippen LogP) is 3.84. The molecule has 0 aliphatic carbocycles. The van der Waals surface area contributed by atoms with Crippen LogP contribution in [0.2, 0.25) is 0 Å². The second kappa shape index (κ2) is 6.38. The minimum atomic E-state index is 0.550. The lowest BCUT2D eigenvalue weighted by Gasteiger charge is -2.07. The van der Waals surface area contributed by atoms with Crippen molar-refractivity contribution in [3.63, 3.8) is 0 Å². The Morgan fingerprint density at radius 2 is 1.47 bits per heavy atom. The van der Waals surface area contributed by atoms with E-state index in [1.165, 1.54) is 6.08 Å². The van der Waals surface area contributed by atoms with Gasteiger partial charge in [0.2, 0.25) is 6.08 Å². The summed E-state index contributed by atoms with van der Waals surface area (Å²) >= 11 is 0. The normalized spacial score (nSPS) is 9.53. The largest absolute Gasteiger partial charge is 0.494 e. The monoisotopic (exact) mass is 255 g/mol. The number of isocyanates is 1. The third-order valence-corrected chi connectivity index (χ3v) is 2.38. The maximum Gasteiger partial charge on any atom is 0.240 e. The summed E-state index contributed by atoms with van der Waals surface area (Å²) in [6.07, 6.45) is 1.49. The molecular formula is C15H13NO3. The van der Waals surface area contributed by atoms with Gasteiger partial charge in [0, 0.05) is 0 Å². The first-order valence-corrected chi connectivity index (χ1v) is 5.90. The average molecular weight is 255 g/mol. The van der Waals surface area contributed by atoms with E-state index in [1.807, 2.05) is 31.2 Å². The molecule has 96 valence electrons. The van der Waals surface area contributed by atoms with Gasteiger partial charge in [0.1, 0.15) is 17.2 Å². The summed E-state index contributed by atoms with van der Waals surface area (Å²) in [6.45, 7) is 2.58. The Labute approximate surface area is 111 Å². The van der Waals surface area contributed by atoms with Gasteiger partial charge in [-0.3, -0.25) is 0 Å². The van der Waals surface area contributed by atoms with E-state index in [-0.39, 0.29) is 0 Å². The highest BCUT2D eigenvalue weighted by atomic mass is 16.5. The lowest BCUT2D eigenvalue weighted by atomic mass is 10.3. The number of benzene rings is 2. The van der Waals surface area contributed by atoms with E-state index in [0.29, 0.717) is 18.0 Å². The van der Waals surface area contributed by atoms with Crippen molar-refractivity contribution in [1.82, 2.24) is 0 Å². The molecule has 19 heavy (non-hydrogen) atoms. The predicted molar refractivity (Wildman–Crippen MR) is 71.9 cm³/mol. The Hall–Kier alpha value is -2.58. The lowest BCUT2D eigenvalue weighted by Crippen LogP contribution is -1.91. The van der Waals surface area contributed by atoms with E-state index >= 15 is 0 Å². The average Bonchev–Trinajstić information content (AvgIpc) is 2.44. The van der Waals surface area contributed by atoms with Gasteiger partial charge in [-0.2, -0.15) is 4.99 Å². The first-order chi connectivity index (χ1) is 9.31. The van der Waals surface area contributed by atoms with Crippen molar-refractivity contribution in [3.05, 3.63) is 48.5 Å². The molecular weight excluding hydrogens is 242 g/mol. The Bertz CT molecular complexity index is 569. The van der Waals surface area contributed by atoms with Crippen molar-refractivity contribution in [2.45, 2.75) is 6.92 Å². The van der Waals surface area contributed by atoms with Crippen LogP contribution in [0.4, 0.5) is 5.69 Å². The number of hydrogen-bond acceptors (Lipinski definition) is 4. The van der Waals surface area contributed by atoms with E-state index in [4.69, 9.17) is 9.47 Å². The molecule has 0 N–H and O–H groups in total. The minimum Gasteiger partial charge on any atom is -0.494 e. The molecule has 0 atom stereocenters. The van der Waals surface area contributed by atoms with Gasteiger partial charge in [-0.15, -0.1) is 0 Å². The summed E-state index contributed by atoms with van der Waals surface area (Å²) in [4.78, 5) is 13.6. The molecule has 4 nitrogen and oxygen atoms in total. The van der Waals surface area contributed by atoms with Crippen molar-refractivity contribution in [2.24, 2.45) is 4.99 Å². The molecule has 0 amide bonds. The molecule has 0 bridgehead atoms. The fourth-order valence-corrected chi connectivity index (χ4v) is 1.55. The quantitative estimate of drug-likeness (QED) is 0.602. The van der Waals surface area contributed by atoms with Crippen molar-refractivity contribution in [1.29, 1.82) is 0 Å². The van der Waals surface area contributed by atoms with E-state index < -0.39 is 0 Å². The van der Waals surface area contributed by atoms with Crippen LogP contribution >= 0.6 is 0 Å². The maximum atomic E-state index is 10.1. The van der Waals surface area contributed by atoms with E-state index in [2.05, 4.69) is 4.99 Å². The number of nitrogens with zero attached hydrogens (tertiary/aromatic N) is 1. The highest BCUT2D eigenvalue weighted by molar-refractivity contribution is 5.50. The summed E-state index contributed by atoms with van der Waals surface area (Å²) in [5, 5.41) is 0. The van der Waals surface area contributed by atoms with Crippen LogP contribution < -0.4 is 9.47 Å². The molecule has 0 heterocycles. The molecule has 2 aromatic carbocycles. The molecule has 2 aromatic rings. The maximum absolute atomic E-state index is 10.1. The zero-order valence-corrected chi connectivity index (χ0v) is 10.5. The van der Waals surface area contributed by atoms with Gasteiger partial charge in [-0.25, -0.2) is 4.79 Å². The molecule has 0 fully saturated rings. The number of aliphatic imine (C=N–C) groups is 1. The van der Waals surface area contributed by atoms with Gasteiger partial charge < -0.3 is 9.47 Å². The van der Waals surface area contributed by atoms with Gasteiger partial charge in [0.05, 0.1) is 12.3 Å². The molecule has 0 aromatic heterocycles. The molecule has 0 saturated heterocycles. The third kappa shape index (κ3) is 3.69. The molecule has 0 spiro atoms. The van der Waals surface area contributed by atoms with Gasteiger partial charge in [-0.1, -0.05) is 0 Å². The number of hydrogen-bond donors (Lipinski definition) is 0. The standard InChI is InChI=1S/C15H13NO3/c1-2-18-13-7-9-15(10-8-13)19-14-5-3-12(4-6-14)16-11-17/h3-10H,2H2,1H3. The van der Waals surface area contributed by atoms with E-state index in [1.54, 1.807) is 24.3 Å². The zero-order valence-electron chi connectivity index (χ0n) is 10.5. The van der Waals surface area contributed by atoms with Crippen LogP contribution in [-0.4, -0.2) is 12.7 Å². The van der Waals surface area contributed by atoms with Crippen LogP contribution in [0, 0.1) is 0 Å². The minimum absolute atomic E-state index is 0.550. The van der Waals surface area contributed by atoms with Crippen molar-refractivity contribution >= 4 is 11.8 Å². The van der Waals surface area contributed by atoms with Crippen molar-refractivity contribution in [2.75, 3.05) is 6.61 Å². The topological polar surface area (TPSA) is 47.9 Å². The molecule has 0 aliphatic rings. The number of ether oxygens (including phenoxy) is 2. The number of rotatable bonds is 5. The van der Waals surface area contributed by atoms with Crippen LogP contribution in [0.25, 0.3) is 0 Å². The summed E-state index contributed by atoms with van der Waals surface area (Å²) < 4.78 is 11.0. The van der Waals surface area contributed by atoms with Crippen LogP contribution in [0.3, 0.4) is 0 Å². The van der Waals surface area contributed by atoms with E-state index in [9.17, 15) is 4.79 Å². The van der Waals surface area contributed by atoms with E-state index in [0.717, 1.165) is 11.5 Å². The van der Waals surface area contributed by atoms with Crippen LogP contribution in [-0.2, 0) is 4.79 Å². The summed E-state index contributed by atoms with van der Waals surface area (Å²) in [6, 6.07) is 14.2. The fraction of sp³-hybridized carbons (Fsp3) is 0.133. The lowest BCUT2D eigenvalue weighted by molar-refractivity contribution is 0.339. The van der Waals surface area contributed by atoms with Crippen molar-refractivity contribution < 1.29 is 14.3 Å². The first kappa shape index (κ1) is 12.9. The fourth-order valence-electron chi connectivity index (χ4n) is 1.55. The highest BCUT2D eigenvalue weighted by Crippen LogP contribution is 2.25. The molecule has 0 unspecified atom stereocenters. The molecule has 0 radical (unpaired) electrons. The molecule has 0 aliphatic heterocycles. The summed E-state index contributed by atoms with van der Waals surface area (Å²) in [5.41, 5.74) is 0.550. The highest BCUT2D eigenvalue weighted by Gasteiger charge is 1.98. The smallest absolute Gasteiger partial charge is 0.240 e.